The Hall–Kier alpha value is -0.390. The van der Waals surface area contributed by atoms with Crippen LogP contribution in [0.15, 0.2) is 10.7 Å². The number of nitrogens with zero attached hydrogens (tertiary/aromatic N) is 2. The molecule has 0 spiro atoms. The van der Waals surface area contributed by atoms with Gasteiger partial charge in [0, 0.05) is 13.1 Å². The largest absolute Gasteiger partial charge is 0.382 e. The Labute approximate surface area is 97.6 Å². The minimum atomic E-state index is -0.911. The first-order valence-electron chi connectivity index (χ1n) is 5.27. The minimum absolute atomic E-state index is 0.252. The van der Waals surface area contributed by atoms with E-state index in [-0.39, 0.29) is 6.54 Å². The van der Waals surface area contributed by atoms with Gasteiger partial charge in [-0.25, -0.2) is 0 Å². The number of hydrogen-bond donors (Lipinski definition) is 2. The lowest BCUT2D eigenvalue weighted by molar-refractivity contribution is 0.0127. The van der Waals surface area contributed by atoms with Gasteiger partial charge in [-0.3, -0.25) is 4.68 Å². The van der Waals surface area contributed by atoms with Gasteiger partial charge in [0.05, 0.1) is 16.4 Å². The monoisotopic (exact) mass is 273 g/mol. The summed E-state index contributed by atoms with van der Waals surface area (Å²) in [6, 6.07) is 0. The molecule has 1 aromatic heterocycles. The van der Waals surface area contributed by atoms with E-state index >= 15 is 0 Å². The molecule has 15 heavy (non-hydrogen) atoms. The predicted molar refractivity (Wildman–Crippen MR) is 61.3 cm³/mol. The van der Waals surface area contributed by atoms with Gasteiger partial charge in [-0.15, -0.1) is 0 Å². The highest BCUT2D eigenvalue weighted by Crippen LogP contribution is 2.46. The molecule has 4 nitrogen and oxygen atoms in total. The van der Waals surface area contributed by atoms with E-state index in [1.54, 1.807) is 6.20 Å². The zero-order valence-corrected chi connectivity index (χ0v) is 10.4. The molecule has 2 rings (SSSR count). The van der Waals surface area contributed by atoms with Gasteiger partial charge in [-0.05, 0) is 41.6 Å². The minimum Gasteiger partial charge on any atom is -0.382 e. The van der Waals surface area contributed by atoms with Gasteiger partial charge in [0.15, 0.2) is 0 Å². The molecule has 0 amide bonds. The molecule has 5 heteroatoms. The maximum absolute atomic E-state index is 10.6. The Kier molecular flexibility index (Phi) is 2.87. The van der Waals surface area contributed by atoms with Crippen LogP contribution in [0, 0.1) is 5.92 Å². The first-order valence-corrected chi connectivity index (χ1v) is 6.07. The number of nitrogens with two attached hydrogens (primary N) is 1. The van der Waals surface area contributed by atoms with Gasteiger partial charge >= 0.3 is 0 Å². The Morgan fingerprint density at radius 1 is 1.73 bits per heavy atom. The van der Waals surface area contributed by atoms with Gasteiger partial charge in [0.2, 0.25) is 0 Å². The van der Waals surface area contributed by atoms with Crippen LogP contribution < -0.4 is 5.73 Å². The summed E-state index contributed by atoms with van der Waals surface area (Å²) < 4.78 is 2.67. The fourth-order valence-electron chi connectivity index (χ4n) is 2.05. The lowest BCUT2D eigenvalue weighted by Gasteiger charge is -2.27. The smallest absolute Gasteiger partial charge is 0.122 e. The van der Waals surface area contributed by atoms with Crippen molar-refractivity contribution in [3.63, 3.8) is 0 Å². The van der Waals surface area contributed by atoms with Crippen molar-refractivity contribution >= 4 is 15.9 Å². The molecule has 84 valence electrons. The van der Waals surface area contributed by atoms with Crippen LogP contribution in [0.3, 0.4) is 0 Å². The fraction of sp³-hybridized carbons (Fsp3) is 0.700. The van der Waals surface area contributed by atoms with E-state index in [1.165, 1.54) is 0 Å². The van der Waals surface area contributed by atoms with Gasteiger partial charge in [-0.1, -0.05) is 0 Å². The van der Waals surface area contributed by atoms with Crippen LogP contribution in [-0.4, -0.2) is 21.4 Å². The Balaban J connectivity index is 2.44. The molecule has 3 N–H and O–H groups in total. The van der Waals surface area contributed by atoms with Gasteiger partial charge in [0.1, 0.15) is 5.60 Å². The van der Waals surface area contributed by atoms with E-state index in [9.17, 15) is 5.11 Å². The third-order valence-electron chi connectivity index (χ3n) is 3.07. The highest BCUT2D eigenvalue weighted by atomic mass is 79.9. The SMILES string of the molecule is CCn1ncc(Br)c1C(O)(CN)C1CC1. The molecule has 0 bridgehead atoms. The zero-order chi connectivity index (χ0) is 11.1. The van der Waals surface area contributed by atoms with Crippen LogP contribution in [-0.2, 0) is 12.1 Å². The number of aryl methyl sites for hydroxylation is 1. The second kappa shape index (κ2) is 3.88. The predicted octanol–water partition coefficient (Wildman–Crippen LogP) is 1.22. The van der Waals surface area contributed by atoms with E-state index in [4.69, 9.17) is 5.73 Å². The number of rotatable bonds is 4. The molecule has 1 aliphatic rings. The van der Waals surface area contributed by atoms with Crippen molar-refractivity contribution in [1.82, 2.24) is 9.78 Å². The average Bonchev–Trinajstić information content (AvgIpc) is 3.02. The summed E-state index contributed by atoms with van der Waals surface area (Å²) in [5.41, 5.74) is 5.64. The summed E-state index contributed by atoms with van der Waals surface area (Å²) >= 11 is 3.43. The molecule has 1 fully saturated rings. The molecule has 0 radical (unpaired) electrons. The summed E-state index contributed by atoms with van der Waals surface area (Å²) in [6.07, 6.45) is 3.83. The summed E-state index contributed by atoms with van der Waals surface area (Å²) in [5, 5.41) is 14.8. The number of aliphatic hydroxyl groups is 1. The zero-order valence-electron chi connectivity index (χ0n) is 8.78. The van der Waals surface area contributed by atoms with Crippen molar-refractivity contribution in [3.8, 4) is 0 Å². The highest BCUT2D eigenvalue weighted by molar-refractivity contribution is 9.10. The summed E-state index contributed by atoms with van der Waals surface area (Å²) in [6.45, 7) is 3.00. The Bertz CT molecular complexity index is 362. The first-order chi connectivity index (χ1) is 7.13. The van der Waals surface area contributed by atoms with Crippen LogP contribution in [0.5, 0.6) is 0 Å². The number of aromatic nitrogens is 2. The molecule has 1 aliphatic carbocycles. The van der Waals surface area contributed by atoms with Crippen molar-refractivity contribution in [2.45, 2.75) is 31.9 Å². The second-order valence-corrected chi connectivity index (χ2v) is 4.91. The standard InChI is InChI=1S/C10H16BrN3O/c1-2-14-9(8(11)5-13-14)10(15,6-12)7-3-4-7/h5,7,15H,2-4,6,12H2,1H3. The van der Waals surface area contributed by atoms with Gasteiger partial charge in [0.25, 0.3) is 0 Å². The van der Waals surface area contributed by atoms with Crippen LogP contribution in [0.25, 0.3) is 0 Å². The van der Waals surface area contributed by atoms with Crippen LogP contribution in [0.4, 0.5) is 0 Å². The first kappa shape index (κ1) is 11.1. The summed E-state index contributed by atoms with van der Waals surface area (Å²) in [4.78, 5) is 0. The van der Waals surface area contributed by atoms with Crippen molar-refractivity contribution in [3.05, 3.63) is 16.4 Å². The molecule has 1 atom stereocenters. The number of hydrogen-bond acceptors (Lipinski definition) is 3. The molecule has 0 saturated heterocycles. The topological polar surface area (TPSA) is 64.1 Å². The molecule has 1 aromatic rings. The van der Waals surface area contributed by atoms with Gasteiger partial charge < -0.3 is 10.8 Å². The van der Waals surface area contributed by atoms with Crippen LogP contribution >= 0.6 is 15.9 Å². The average molecular weight is 274 g/mol. The number of halogens is 1. The van der Waals surface area contributed by atoms with Crippen molar-refractivity contribution in [1.29, 1.82) is 0 Å². The Morgan fingerprint density at radius 2 is 2.40 bits per heavy atom. The Morgan fingerprint density at radius 3 is 2.87 bits per heavy atom. The maximum atomic E-state index is 10.6. The van der Waals surface area contributed by atoms with E-state index in [2.05, 4.69) is 21.0 Å². The van der Waals surface area contributed by atoms with Gasteiger partial charge in [-0.2, -0.15) is 5.10 Å². The lowest BCUT2D eigenvalue weighted by atomic mass is 9.93. The molecule has 1 saturated carbocycles. The van der Waals surface area contributed by atoms with Crippen molar-refractivity contribution in [2.24, 2.45) is 11.7 Å². The van der Waals surface area contributed by atoms with Crippen molar-refractivity contribution in [2.75, 3.05) is 6.54 Å². The molecule has 1 unspecified atom stereocenters. The van der Waals surface area contributed by atoms with Crippen molar-refractivity contribution < 1.29 is 5.11 Å². The third kappa shape index (κ3) is 1.73. The molecule has 0 aromatic carbocycles. The summed E-state index contributed by atoms with van der Waals surface area (Å²) in [7, 11) is 0. The normalized spacial score (nSPS) is 20.3. The highest BCUT2D eigenvalue weighted by Gasteiger charge is 2.47. The lowest BCUT2D eigenvalue weighted by Crippen LogP contribution is -2.39. The molecular weight excluding hydrogens is 258 g/mol. The maximum Gasteiger partial charge on any atom is 0.122 e. The molecule has 0 aliphatic heterocycles. The quantitative estimate of drug-likeness (QED) is 0.867. The fourth-order valence-corrected chi connectivity index (χ4v) is 2.69. The van der Waals surface area contributed by atoms with E-state index in [0.717, 1.165) is 29.6 Å². The van der Waals surface area contributed by atoms with E-state index in [0.29, 0.717) is 5.92 Å². The second-order valence-electron chi connectivity index (χ2n) is 4.06. The molecular formula is C10H16BrN3O. The van der Waals surface area contributed by atoms with E-state index in [1.807, 2.05) is 11.6 Å². The third-order valence-corrected chi connectivity index (χ3v) is 3.65. The van der Waals surface area contributed by atoms with Crippen LogP contribution in [0.2, 0.25) is 0 Å². The molecule has 1 heterocycles. The summed E-state index contributed by atoms with van der Waals surface area (Å²) in [5.74, 6) is 0.292. The van der Waals surface area contributed by atoms with Crippen LogP contribution in [0.1, 0.15) is 25.5 Å². The van der Waals surface area contributed by atoms with E-state index < -0.39 is 5.60 Å².